The van der Waals surface area contributed by atoms with E-state index in [9.17, 15) is 9.18 Å². The number of amides is 1. The van der Waals surface area contributed by atoms with E-state index in [1.54, 1.807) is 12.1 Å². The first kappa shape index (κ1) is 18.3. The van der Waals surface area contributed by atoms with Gasteiger partial charge in [0, 0.05) is 32.7 Å². The lowest BCUT2D eigenvalue weighted by Gasteiger charge is -2.30. The number of carbonyl (C=O) groups excluding carboxylic acids is 1. The molecule has 0 bridgehead atoms. The van der Waals surface area contributed by atoms with Gasteiger partial charge in [-0.15, -0.1) is 0 Å². The molecule has 2 fully saturated rings. The topological polar surface area (TPSA) is 26.8 Å². The molecule has 1 aromatic carbocycles. The van der Waals surface area contributed by atoms with Crippen molar-refractivity contribution in [2.45, 2.75) is 44.7 Å². The zero-order chi connectivity index (χ0) is 17.6. The molecule has 4 nitrogen and oxygen atoms in total. The van der Waals surface area contributed by atoms with Crippen molar-refractivity contribution in [1.82, 2.24) is 14.7 Å². The van der Waals surface area contributed by atoms with Crippen LogP contribution >= 0.6 is 0 Å². The molecule has 5 heteroatoms. The molecule has 1 amide bonds. The normalized spacial score (nSPS) is 23.9. The van der Waals surface area contributed by atoms with Gasteiger partial charge in [0.2, 0.25) is 5.91 Å². The molecular formula is C20H30FN3O. The van der Waals surface area contributed by atoms with E-state index in [-0.39, 0.29) is 11.9 Å². The van der Waals surface area contributed by atoms with Crippen molar-refractivity contribution >= 4 is 5.91 Å². The molecule has 0 radical (unpaired) electrons. The zero-order valence-electron chi connectivity index (χ0n) is 15.3. The number of halogens is 1. The van der Waals surface area contributed by atoms with Crippen LogP contribution in [0.5, 0.6) is 0 Å². The number of likely N-dealkylation sites (tertiary alicyclic amines) is 1. The van der Waals surface area contributed by atoms with Gasteiger partial charge in [-0.3, -0.25) is 14.6 Å². The Hall–Kier alpha value is -1.46. The van der Waals surface area contributed by atoms with Crippen molar-refractivity contribution in [3.8, 4) is 0 Å². The molecule has 2 aliphatic heterocycles. The number of benzene rings is 1. The molecule has 0 spiro atoms. The Bertz CT molecular complexity index is 580. The summed E-state index contributed by atoms with van der Waals surface area (Å²) < 4.78 is 13.4. The Morgan fingerprint density at radius 3 is 2.80 bits per heavy atom. The summed E-state index contributed by atoms with van der Waals surface area (Å²) in [5.41, 5.74) is 1.00. The van der Waals surface area contributed by atoms with Gasteiger partial charge in [-0.05, 0) is 50.6 Å². The van der Waals surface area contributed by atoms with E-state index in [1.165, 1.54) is 18.9 Å². The minimum Gasteiger partial charge on any atom is -0.340 e. The summed E-state index contributed by atoms with van der Waals surface area (Å²) >= 11 is 0. The molecule has 138 valence electrons. The summed E-state index contributed by atoms with van der Waals surface area (Å²) in [4.78, 5) is 19.6. The first-order valence-electron chi connectivity index (χ1n) is 9.59. The van der Waals surface area contributed by atoms with Crippen LogP contribution in [0.4, 0.5) is 4.39 Å². The van der Waals surface area contributed by atoms with Gasteiger partial charge < -0.3 is 4.90 Å². The van der Waals surface area contributed by atoms with E-state index < -0.39 is 0 Å². The highest BCUT2D eigenvalue weighted by molar-refractivity contribution is 5.82. The third kappa shape index (κ3) is 5.02. The summed E-state index contributed by atoms with van der Waals surface area (Å²) in [5, 5.41) is 0. The fraction of sp³-hybridized carbons (Fsp3) is 0.650. The van der Waals surface area contributed by atoms with Crippen LogP contribution in [0.1, 0.15) is 37.7 Å². The SMILES string of the molecule is CN1CCCCC[C@H]1C(=O)N1CCCN(Cc2cccc(F)c2)CC1. The molecule has 2 heterocycles. The Morgan fingerprint density at radius 2 is 1.96 bits per heavy atom. The second-order valence-electron chi connectivity index (χ2n) is 7.43. The summed E-state index contributed by atoms with van der Waals surface area (Å²) in [6.45, 7) is 5.21. The molecule has 2 aliphatic rings. The number of likely N-dealkylation sites (N-methyl/N-ethyl adjacent to an activating group) is 1. The highest BCUT2D eigenvalue weighted by atomic mass is 19.1. The van der Waals surface area contributed by atoms with Crippen molar-refractivity contribution < 1.29 is 9.18 Å². The molecule has 3 rings (SSSR count). The van der Waals surface area contributed by atoms with Crippen molar-refractivity contribution in [3.63, 3.8) is 0 Å². The Balaban J connectivity index is 1.56. The zero-order valence-corrected chi connectivity index (χ0v) is 15.3. The highest BCUT2D eigenvalue weighted by Crippen LogP contribution is 2.18. The fourth-order valence-corrected chi connectivity index (χ4v) is 4.02. The summed E-state index contributed by atoms with van der Waals surface area (Å²) in [6, 6.07) is 6.87. The van der Waals surface area contributed by atoms with Crippen LogP contribution in [-0.4, -0.2) is 66.4 Å². The molecule has 1 atom stereocenters. The number of hydrogen-bond acceptors (Lipinski definition) is 3. The quantitative estimate of drug-likeness (QED) is 0.841. The van der Waals surface area contributed by atoms with Crippen LogP contribution < -0.4 is 0 Å². The van der Waals surface area contributed by atoms with E-state index in [2.05, 4.69) is 21.7 Å². The van der Waals surface area contributed by atoms with Crippen LogP contribution in [0, 0.1) is 5.82 Å². The second kappa shape index (κ2) is 8.77. The first-order valence-corrected chi connectivity index (χ1v) is 9.59. The van der Waals surface area contributed by atoms with E-state index in [1.807, 2.05) is 6.07 Å². The average Bonchev–Trinajstić information content (AvgIpc) is 2.95. The number of nitrogens with zero attached hydrogens (tertiary/aromatic N) is 3. The van der Waals surface area contributed by atoms with Crippen LogP contribution in [0.3, 0.4) is 0 Å². The Labute approximate surface area is 150 Å². The van der Waals surface area contributed by atoms with Gasteiger partial charge in [-0.1, -0.05) is 25.0 Å². The molecule has 0 N–H and O–H groups in total. The average molecular weight is 347 g/mol. The van der Waals surface area contributed by atoms with E-state index in [0.29, 0.717) is 5.91 Å². The molecule has 0 aromatic heterocycles. The van der Waals surface area contributed by atoms with Gasteiger partial charge in [-0.25, -0.2) is 4.39 Å². The minimum absolute atomic E-state index is 0.0530. The van der Waals surface area contributed by atoms with Crippen LogP contribution in [0.2, 0.25) is 0 Å². The van der Waals surface area contributed by atoms with Crippen molar-refractivity contribution in [2.75, 3.05) is 39.8 Å². The van der Waals surface area contributed by atoms with Gasteiger partial charge in [0.1, 0.15) is 5.82 Å². The van der Waals surface area contributed by atoms with Crippen LogP contribution in [0.15, 0.2) is 24.3 Å². The van der Waals surface area contributed by atoms with Crippen LogP contribution in [0.25, 0.3) is 0 Å². The fourth-order valence-electron chi connectivity index (χ4n) is 4.02. The summed E-state index contributed by atoms with van der Waals surface area (Å²) in [7, 11) is 2.09. The first-order chi connectivity index (χ1) is 12.1. The van der Waals surface area contributed by atoms with E-state index in [0.717, 1.165) is 64.1 Å². The smallest absolute Gasteiger partial charge is 0.239 e. The van der Waals surface area contributed by atoms with Crippen molar-refractivity contribution in [1.29, 1.82) is 0 Å². The maximum absolute atomic E-state index is 13.4. The molecule has 0 aliphatic carbocycles. The molecular weight excluding hydrogens is 317 g/mol. The molecule has 2 saturated heterocycles. The predicted octanol–water partition coefficient (Wildman–Crippen LogP) is 2.73. The minimum atomic E-state index is -0.180. The van der Waals surface area contributed by atoms with E-state index in [4.69, 9.17) is 0 Å². The number of hydrogen-bond donors (Lipinski definition) is 0. The lowest BCUT2D eigenvalue weighted by atomic mass is 10.1. The maximum atomic E-state index is 13.4. The lowest BCUT2D eigenvalue weighted by Crippen LogP contribution is -2.48. The molecule has 1 aromatic rings. The lowest BCUT2D eigenvalue weighted by molar-refractivity contribution is -0.136. The third-order valence-electron chi connectivity index (χ3n) is 5.50. The molecule has 0 saturated carbocycles. The standard InChI is InChI=1S/C20H30FN3O/c1-22-10-4-2-3-9-19(22)20(25)24-12-6-11-23(13-14-24)16-17-7-5-8-18(21)15-17/h5,7-8,15,19H,2-4,6,9-14,16H2,1H3/t19-/m0/s1. The largest absolute Gasteiger partial charge is 0.340 e. The van der Waals surface area contributed by atoms with Crippen LogP contribution in [-0.2, 0) is 11.3 Å². The summed E-state index contributed by atoms with van der Waals surface area (Å²) in [5.74, 6) is 0.123. The summed E-state index contributed by atoms with van der Waals surface area (Å²) in [6.07, 6.45) is 5.55. The Kier molecular flexibility index (Phi) is 6.43. The molecule has 0 unspecified atom stereocenters. The van der Waals surface area contributed by atoms with Gasteiger partial charge in [-0.2, -0.15) is 0 Å². The molecule has 25 heavy (non-hydrogen) atoms. The van der Waals surface area contributed by atoms with Crippen molar-refractivity contribution in [2.24, 2.45) is 0 Å². The predicted molar refractivity (Wildman–Crippen MR) is 97.8 cm³/mol. The van der Waals surface area contributed by atoms with Gasteiger partial charge in [0.05, 0.1) is 6.04 Å². The maximum Gasteiger partial charge on any atom is 0.239 e. The number of rotatable bonds is 3. The second-order valence-corrected chi connectivity index (χ2v) is 7.43. The Morgan fingerprint density at radius 1 is 1.08 bits per heavy atom. The van der Waals surface area contributed by atoms with Crippen molar-refractivity contribution in [3.05, 3.63) is 35.6 Å². The van der Waals surface area contributed by atoms with Gasteiger partial charge in [0.25, 0.3) is 0 Å². The number of carbonyl (C=O) groups is 1. The highest BCUT2D eigenvalue weighted by Gasteiger charge is 2.29. The van der Waals surface area contributed by atoms with E-state index >= 15 is 0 Å². The third-order valence-corrected chi connectivity index (χ3v) is 5.50. The van der Waals surface area contributed by atoms with Gasteiger partial charge in [0.15, 0.2) is 0 Å². The monoisotopic (exact) mass is 347 g/mol. The van der Waals surface area contributed by atoms with Gasteiger partial charge >= 0.3 is 0 Å².